The Kier molecular flexibility index (Phi) is 3.62. The number of hydrogen-bond acceptors (Lipinski definition) is 2. The van der Waals surface area contributed by atoms with Gasteiger partial charge >= 0.3 is 6.03 Å². The molecule has 0 unspecified atom stereocenters. The van der Waals surface area contributed by atoms with Crippen molar-refractivity contribution in [1.82, 2.24) is 0 Å². The molecule has 0 radical (unpaired) electrons. The third-order valence-corrected chi connectivity index (χ3v) is 3.63. The number of hydrogen-bond donors (Lipinski definition) is 0. The molecule has 106 valence electrons. The van der Waals surface area contributed by atoms with Crippen LogP contribution < -0.4 is 9.80 Å². The van der Waals surface area contributed by atoms with Gasteiger partial charge in [0, 0.05) is 23.7 Å². The Morgan fingerprint density at radius 3 is 2.19 bits per heavy atom. The van der Waals surface area contributed by atoms with Crippen molar-refractivity contribution in [3.05, 3.63) is 59.6 Å². The molecule has 3 rings (SSSR count). The standard InChI is InChI=1S/C16H13ClN2O2/c17-12-6-8-14(9-7-12)19-15(20)10-11-18(16(19)21)13-4-2-1-3-5-13/h1-9H,10-11H2. The van der Waals surface area contributed by atoms with Gasteiger partial charge < -0.3 is 0 Å². The molecule has 4 nitrogen and oxygen atoms in total. The Balaban J connectivity index is 1.94. The molecular weight excluding hydrogens is 288 g/mol. The van der Waals surface area contributed by atoms with Crippen LogP contribution in [0.3, 0.4) is 0 Å². The van der Waals surface area contributed by atoms with Crippen LogP contribution in [-0.4, -0.2) is 18.5 Å². The summed E-state index contributed by atoms with van der Waals surface area (Å²) in [5, 5.41) is 0.565. The second kappa shape index (κ2) is 5.58. The lowest BCUT2D eigenvalue weighted by molar-refractivity contribution is -0.118. The van der Waals surface area contributed by atoms with Crippen LogP contribution in [0.1, 0.15) is 6.42 Å². The molecule has 2 aromatic rings. The molecule has 0 N–H and O–H groups in total. The van der Waals surface area contributed by atoms with Crippen molar-refractivity contribution in [2.75, 3.05) is 16.3 Å². The van der Waals surface area contributed by atoms with Crippen molar-refractivity contribution >= 4 is 34.9 Å². The van der Waals surface area contributed by atoms with E-state index in [1.165, 1.54) is 4.90 Å². The van der Waals surface area contributed by atoms with E-state index >= 15 is 0 Å². The number of urea groups is 1. The van der Waals surface area contributed by atoms with Gasteiger partial charge in [0.25, 0.3) is 0 Å². The maximum atomic E-state index is 12.6. The lowest BCUT2D eigenvalue weighted by atomic mass is 10.2. The highest BCUT2D eigenvalue weighted by atomic mass is 35.5. The Hall–Kier alpha value is -2.33. The zero-order chi connectivity index (χ0) is 14.8. The third-order valence-electron chi connectivity index (χ3n) is 3.37. The Bertz CT molecular complexity index is 670. The average Bonchev–Trinajstić information content (AvgIpc) is 2.50. The van der Waals surface area contributed by atoms with Gasteiger partial charge in [-0.2, -0.15) is 0 Å². The van der Waals surface area contributed by atoms with Gasteiger partial charge in [0.15, 0.2) is 0 Å². The Labute approximate surface area is 127 Å². The summed E-state index contributed by atoms with van der Waals surface area (Å²) >= 11 is 5.85. The number of anilines is 2. The zero-order valence-electron chi connectivity index (χ0n) is 11.2. The van der Waals surface area contributed by atoms with Crippen LogP contribution >= 0.6 is 11.6 Å². The second-order valence-electron chi connectivity index (χ2n) is 4.73. The molecule has 5 heteroatoms. The molecule has 21 heavy (non-hydrogen) atoms. The van der Waals surface area contributed by atoms with Crippen LogP contribution in [0.15, 0.2) is 54.6 Å². The molecule has 3 amide bonds. The van der Waals surface area contributed by atoms with Gasteiger partial charge in [0.2, 0.25) is 5.91 Å². The summed E-state index contributed by atoms with van der Waals surface area (Å²) in [6.45, 7) is 0.395. The lowest BCUT2D eigenvalue weighted by Crippen LogP contribution is -2.52. The number of carbonyl (C=O) groups excluding carboxylic acids is 2. The predicted octanol–water partition coefficient (Wildman–Crippen LogP) is 3.70. The van der Waals surface area contributed by atoms with Crippen molar-refractivity contribution in [2.24, 2.45) is 0 Å². The third kappa shape index (κ3) is 2.62. The molecule has 0 saturated carbocycles. The van der Waals surface area contributed by atoms with Crippen LogP contribution in [0.2, 0.25) is 5.02 Å². The SMILES string of the molecule is O=C1CCN(c2ccccc2)C(=O)N1c1ccc(Cl)cc1. The summed E-state index contributed by atoms with van der Waals surface area (Å²) in [7, 11) is 0. The molecule has 0 bridgehead atoms. The monoisotopic (exact) mass is 300 g/mol. The van der Waals surface area contributed by atoms with Gasteiger partial charge in [0.1, 0.15) is 0 Å². The first-order valence-electron chi connectivity index (χ1n) is 6.62. The molecule has 0 spiro atoms. The number of imide groups is 1. The van der Waals surface area contributed by atoms with Gasteiger partial charge in [-0.1, -0.05) is 29.8 Å². The first-order valence-corrected chi connectivity index (χ1v) is 7.00. The molecule has 0 aliphatic carbocycles. The molecule has 1 fully saturated rings. The van der Waals surface area contributed by atoms with Gasteiger partial charge in [-0.05, 0) is 36.4 Å². The minimum Gasteiger partial charge on any atom is -0.293 e. The molecule has 1 aliphatic rings. The summed E-state index contributed by atoms with van der Waals surface area (Å²) in [5.74, 6) is -0.200. The van der Waals surface area contributed by atoms with E-state index in [0.29, 0.717) is 23.7 Å². The highest BCUT2D eigenvalue weighted by Gasteiger charge is 2.33. The fourth-order valence-electron chi connectivity index (χ4n) is 2.33. The quantitative estimate of drug-likeness (QED) is 0.848. The maximum absolute atomic E-state index is 12.6. The molecule has 0 atom stereocenters. The number of amides is 3. The van der Waals surface area contributed by atoms with Crippen LogP contribution in [0.5, 0.6) is 0 Å². The van der Waals surface area contributed by atoms with E-state index < -0.39 is 0 Å². The van der Waals surface area contributed by atoms with Gasteiger partial charge in [0.05, 0.1) is 5.69 Å². The molecule has 1 heterocycles. The summed E-state index contributed by atoms with van der Waals surface area (Å²) in [5.41, 5.74) is 1.32. The first-order chi connectivity index (χ1) is 10.2. The largest absolute Gasteiger partial charge is 0.335 e. The highest BCUT2D eigenvalue weighted by Crippen LogP contribution is 2.26. The number of para-hydroxylation sites is 1. The van der Waals surface area contributed by atoms with Crippen LogP contribution in [0.4, 0.5) is 16.2 Å². The predicted molar refractivity (Wildman–Crippen MR) is 82.7 cm³/mol. The molecular formula is C16H13ClN2O2. The van der Waals surface area contributed by atoms with Crippen molar-refractivity contribution in [1.29, 1.82) is 0 Å². The van der Waals surface area contributed by atoms with E-state index in [2.05, 4.69) is 0 Å². The average molecular weight is 301 g/mol. The van der Waals surface area contributed by atoms with E-state index in [4.69, 9.17) is 11.6 Å². The zero-order valence-corrected chi connectivity index (χ0v) is 12.0. The van der Waals surface area contributed by atoms with Crippen molar-refractivity contribution in [3.63, 3.8) is 0 Å². The minimum absolute atomic E-state index is 0.200. The van der Waals surface area contributed by atoms with Crippen molar-refractivity contribution in [2.45, 2.75) is 6.42 Å². The minimum atomic E-state index is -0.334. The fraction of sp³-hybridized carbons (Fsp3) is 0.125. The summed E-state index contributed by atoms with van der Waals surface area (Å²) < 4.78 is 0. The molecule has 2 aromatic carbocycles. The van der Waals surface area contributed by atoms with E-state index in [9.17, 15) is 9.59 Å². The molecule has 0 aromatic heterocycles. The van der Waals surface area contributed by atoms with Crippen LogP contribution in [0.25, 0.3) is 0 Å². The fourth-order valence-corrected chi connectivity index (χ4v) is 2.46. The Morgan fingerprint density at radius 2 is 1.52 bits per heavy atom. The topological polar surface area (TPSA) is 40.6 Å². The highest BCUT2D eigenvalue weighted by molar-refractivity contribution is 6.30. The van der Waals surface area contributed by atoms with Crippen LogP contribution in [0, 0.1) is 0 Å². The number of halogens is 1. The number of rotatable bonds is 2. The lowest BCUT2D eigenvalue weighted by Gasteiger charge is -2.34. The van der Waals surface area contributed by atoms with E-state index in [0.717, 1.165) is 5.69 Å². The first kappa shape index (κ1) is 13.6. The Morgan fingerprint density at radius 1 is 0.857 bits per heavy atom. The number of carbonyl (C=O) groups is 2. The smallest absolute Gasteiger partial charge is 0.293 e. The van der Waals surface area contributed by atoms with Crippen molar-refractivity contribution < 1.29 is 9.59 Å². The van der Waals surface area contributed by atoms with E-state index in [1.807, 2.05) is 30.3 Å². The van der Waals surface area contributed by atoms with Gasteiger partial charge in [-0.3, -0.25) is 9.69 Å². The second-order valence-corrected chi connectivity index (χ2v) is 5.16. The van der Waals surface area contributed by atoms with Gasteiger partial charge in [-0.15, -0.1) is 0 Å². The summed E-state index contributed by atoms with van der Waals surface area (Å²) in [6, 6.07) is 15.7. The van der Waals surface area contributed by atoms with E-state index in [-0.39, 0.29) is 11.9 Å². The number of nitrogens with zero attached hydrogens (tertiary/aromatic N) is 2. The maximum Gasteiger partial charge on any atom is 0.335 e. The number of benzene rings is 2. The van der Waals surface area contributed by atoms with Crippen LogP contribution in [-0.2, 0) is 4.79 Å². The summed E-state index contributed by atoms with van der Waals surface area (Å²) in [4.78, 5) is 27.5. The normalized spacial score (nSPS) is 15.5. The molecule has 1 aliphatic heterocycles. The van der Waals surface area contributed by atoms with E-state index in [1.54, 1.807) is 29.2 Å². The summed E-state index contributed by atoms with van der Waals surface area (Å²) in [6.07, 6.45) is 0.295. The molecule has 1 saturated heterocycles. The van der Waals surface area contributed by atoms with Crippen molar-refractivity contribution in [3.8, 4) is 0 Å². The van der Waals surface area contributed by atoms with Gasteiger partial charge in [-0.25, -0.2) is 9.69 Å².